The molecule has 0 radical (unpaired) electrons. The van der Waals surface area contributed by atoms with Crippen LogP contribution < -0.4 is 10.6 Å². The number of amides is 2. The van der Waals surface area contributed by atoms with Crippen molar-refractivity contribution in [3.8, 4) is 0 Å². The second kappa shape index (κ2) is 5.83. The number of carbonyl (C=O) groups excluding carboxylic acids is 2. The highest BCUT2D eigenvalue weighted by molar-refractivity contribution is 5.97. The first-order valence-corrected chi connectivity index (χ1v) is 10.3. The van der Waals surface area contributed by atoms with Crippen molar-refractivity contribution >= 4 is 23.2 Å². The van der Waals surface area contributed by atoms with Crippen LogP contribution in [0.2, 0.25) is 0 Å². The van der Waals surface area contributed by atoms with E-state index < -0.39 is 0 Å². The van der Waals surface area contributed by atoms with Gasteiger partial charge in [-0.25, -0.2) is 0 Å². The summed E-state index contributed by atoms with van der Waals surface area (Å²) in [6.07, 6.45) is 11.1. The van der Waals surface area contributed by atoms with Crippen LogP contribution in [0.1, 0.15) is 64.2 Å². The molecule has 1 aromatic carbocycles. The third-order valence-electron chi connectivity index (χ3n) is 7.85. The van der Waals surface area contributed by atoms with Gasteiger partial charge in [0.1, 0.15) is 0 Å². The van der Waals surface area contributed by atoms with Crippen molar-refractivity contribution < 1.29 is 9.59 Å². The van der Waals surface area contributed by atoms with Crippen LogP contribution >= 0.6 is 0 Å². The molecule has 4 aliphatic carbocycles. The Morgan fingerprint density at radius 2 is 1.04 bits per heavy atom. The summed E-state index contributed by atoms with van der Waals surface area (Å²) >= 11 is 0. The Balaban J connectivity index is 1.22. The first-order chi connectivity index (χ1) is 12.6. The van der Waals surface area contributed by atoms with Gasteiger partial charge >= 0.3 is 0 Å². The number of rotatable bonds is 4. The van der Waals surface area contributed by atoms with Crippen molar-refractivity contribution in [3.05, 3.63) is 24.3 Å². The normalized spacial score (nSPS) is 37.1. The van der Waals surface area contributed by atoms with Crippen LogP contribution in [0.3, 0.4) is 0 Å². The Morgan fingerprint density at radius 3 is 1.31 bits per heavy atom. The van der Waals surface area contributed by atoms with Crippen LogP contribution in [-0.2, 0) is 9.59 Å². The van der Waals surface area contributed by atoms with E-state index in [9.17, 15) is 9.59 Å². The van der Waals surface area contributed by atoms with E-state index in [0.29, 0.717) is 0 Å². The molecule has 0 heterocycles. The van der Waals surface area contributed by atoms with E-state index in [1.54, 1.807) is 0 Å². The lowest BCUT2D eigenvalue weighted by Gasteiger charge is -2.26. The molecule has 4 saturated carbocycles. The van der Waals surface area contributed by atoms with Crippen molar-refractivity contribution in [1.29, 1.82) is 0 Å². The quantitative estimate of drug-likeness (QED) is 0.823. The zero-order valence-electron chi connectivity index (χ0n) is 15.4. The molecular weight excluding hydrogens is 324 g/mol. The molecule has 0 saturated heterocycles. The van der Waals surface area contributed by atoms with Gasteiger partial charge in [-0.05, 0) is 100 Å². The zero-order valence-corrected chi connectivity index (χ0v) is 15.4. The first kappa shape index (κ1) is 16.3. The summed E-state index contributed by atoms with van der Waals surface area (Å²) in [5.41, 5.74) is 1.44. The Hall–Kier alpha value is -1.84. The molecule has 0 unspecified atom stereocenters. The SMILES string of the molecule is O=C(Nc1ccc(NC(=O)C23CCC(CC2)C3)cc1)C12CCC(CC1)C2. The second-order valence-corrected chi connectivity index (χ2v) is 9.34. The Morgan fingerprint density at radius 1 is 0.692 bits per heavy atom. The predicted molar refractivity (Wildman–Crippen MR) is 102 cm³/mol. The van der Waals surface area contributed by atoms with Gasteiger partial charge in [-0.1, -0.05) is 0 Å². The van der Waals surface area contributed by atoms with E-state index in [2.05, 4.69) is 10.6 Å². The minimum Gasteiger partial charge on any atom is -0.326 e. The molecule has 0 aliphatic heterocycles. The van der Waals surface area contributed by atoms with Gasteiger partial charge in [0, 0.05) is 22.2 Å². The van der Waals surface area contributed by atoms with Gasteiger partial charge < -0.3 is 10.6 Å². The maximum Gasteiger partial charge on any atom is 0.230 e. The minimum atomic E-state index is -0.113. The van der Waals surface area contributed by atoms with Gasteiger partial charge in [-0.15, -0.1) is 0 Å². The van der Waals surface area contributed by atoms with Gasteiger partial charge in [-0.3, -0.25) is 9.59 Å². The molecule has 2 amide bonds. The third-order valence-corrected chi connectivity index (χ3v) is 7.85. The predicted octanol–water partition coefficient (Wildman–Crippen LogP) is 4.72. The van der Waals surface area contributed by atoms with E-state index in [4.69, 9.17) is 0 Å². The lowest BCUT2D eigenvalue weighted by atomic mass is 9.83. The maximum atomic E-state index is 12.7. The average molecular weight is 352 g/mol. The number of anilines is 2. The van der Waals surface area contributed by atoms with Gasteiger partial charge in [0.15, 0.2) is 0 Å². The van der Waals surface area contributed by atoms with Crippen molar-refractivity contribution in [2.24, 2.45) is 22.7 Å². The summed E-state index contributed by atoms with van der Waals surface area (Å²) in [5.74, 6) is 1.92. The molecule has 4 bridgehead atoms. The summed E-state index contributed by atoms with van der Waals surface area (Å²) in [7, 11) is 0. The molecule has 4 aliphatic rings. The maximum absolute atomic E-state index is 12.7. The smallest absolute Gasteiger partial charge is 0.230 e. The molecule has 4 fully saturated rings. The first-order valence-electron chi connectivity index (χ1n) is 10.3. The van der Waals surface area contributed by atoms with Gasteiger partial charge in [-0.2, -0.15) is 0 Å². The number of carbonyl (C=O) groups is 2. The molecule has 26 heavy (non-hydrogen) atoms. The molecule has 5 rings (SSSR count). The monoisotopic (exact) mass is 352 g/mol. The molecule has 0 aromatic heterocycles. The number of benzene rings is 1. The highest BCUT2D eigenvalue weighted by Gasteiger charge is 2.50. The van der Waals surface area contributed by atoms with E-state index in [1.165, 1.54) is 25.7 Å². The molecule has 4 heteroatoms. The van der Waals surface area contributed by atoms with Gasteiger partial charge in [0.2, 0.25) is 11.8 Å². The Bertz CT molecular complexity index is 660. The lowest BCUT2D eigenvalue weighted by molar-refractivity contribution is -0.125. The van der Waals surface area contributed by atoms with E-state index in [1.807, 2.05) is 24.3 Å². The third kappa shape index (κ3) is 2.57. The Kier molecular flexibility index (Phi) is 3.67. The summed E-state index contributed by atoms with van der Waals surface area (Å²) in [4.78, 5) is 25.5. The fourth-order valence-electron chi connectivity index (χ4n) is 6.19. The standard InChI is InChI=1S/C22H28N2O2/c25-19(21-9-5-15(13-21)6-10-21)23-17-1-2-18(4-3-17)24-20(26)22-11-7-16(14-22)8-12-22/h1-4,15-16H,5-14H2,(H,23,25)(H,24,26). The summed E-state index contributed by atoms with van der Waals surface area (Å²) in [5, 5.41) is 6.22. The summed E-state index contributed by atoms with van der Waals surface area (Å²) < 4.78 is 0. The lowest BCUT2D eigenvalue weighted by Crippen LogP contribution is -2.32. The number of fused-ring (bicyclic) bond motifs is 4. The van der Waals surface area contributed by atoms with Crippen LogP contribution in [0.15, 0.2) is 24.3 Å². The van der Waals surface area contributed by atoms with Crippen LogP contribution in [-0.4, -0.2) is 11.8 Å². The second-order valence-electron chi connectivity index (χ2n) is 9.34. The molecule has 1 aromatic rings. The number of hydrogen-bond donors (Lipinski definition) is 2. The highest BCUT2D eigenvalue weighted by atomic mass is 16.2. The summed E-state index contributed by atoms with van der Waals surface area (Å²) in [6.45, 7) is 0. The van der Waals surface area contributed by atoms with E-state index in [-0.39, 0.29) is 22.6 Å². The fraction of sp³-hybridized carbons (Fsp3) is 0.636. The number of nitrogens with one attached hydrogen (secondary N) is 2. The highest BCUT2D eigenvalue weighted by Crippen LogP contribution is 2.55. The van der Waals surface area contributed by atoms with Gasteiger partial charge in [0.25, 0.3) is 0 Å². The van der Waals surface area contributed by atoms with Crippen LogP contribution in [0.25, 0.3) is 0 Å². The van der Waals surface area contributed by atoms with Crippen molar-refractivity contribution in [1.82, 2.24) is 0 Å². The molecule has 138 valence electrons. The van der Waals surface area contributed by atoms with Crippen molar-refractivity contribution in [2.45, 2.75) is 64.2 Å². The van der Waals surface area contributed by atoms with E-state index in [0.717, 1.165) is 61.7 Å². The minimum absolute atomic E-state index is 0.113. The molecule has 4 nitrogen and oxygen atoms in total. The molecule has 0 atom stereocenters. The average Bonchev–Trinajstić information content (AvgIpc) is 3.44. The van der Waals surface area contributed by atoms with Gasteiger partial charge in [0.05, 0.1) is 0 Å². The molecular formula is C22H28N2O2. The number of hydrogen-bond acceptors (Lipinski definition) is 2. The summed E-state index contributed by atoms with van der Waals surface area (Å²) in [6, 6.07) is 7.65. The Labute approximate surface area is 155 Å². The van der Waals surface area contributed by atoms with Crippen LogP contribution in [0.4, 0.5) is 11.4 Å². The van der Waals surface area contributed by atoms with E-state index >= 15 is 0 Å². The topological polar surface area (TPSA) is 58.2 Å². The largest absolute Gasteiger partial charge is 0.326 e. The van der Waals surface area contributed by atoms with Crippen LogP contribution in [0.5, 0.6) is 0 Å². The van der Waals surface area contributed by atoms with Crippen LogP contribution in [0, 0.1) is 22.7 Å². The van der Waals surface area contributed by atoms with Crippen molar-refractivity contribution in [2.75, 3.05) is 10.6 Å². The molecule has 2 N–H and O–H groups in total. The fourth-order valence-corrected chi connectivity index (χ4v) is 6.19. The molecule has 0 spiro atoms. The zero-order chi connectivity index (χ0) is 17.8. The van der Waals surface area contributed by atoms with Crippen molar-refractivity contribution in [3.63, 3.8) is 0 Å².